The van der Waals surface area contributed by atoms with Crippen LogP contribution < -0.4 is 0 Å². The van der Waals surface area contributed by atoms with Gasteiger partial charge in [-0.3, -0.25) is 9.59 Å². The van der Waals surface area contributed by atoms with Crippen LogP contribution in [0.2, 0.25) is 10.0 Å². The minimum Gasteiger partial charge on any atom is -0.335 e. The molecule has 0 spiro atoms. The standard InChI is InChI=1S/C13H13Cl2NO2/c1-8-4-13(18)16(6-8)7-12(17)10-3-2-9(14)5-11(10)15/h2-3,5,8H,4,6-7H2,1H3. The van der Waals surface area contributed by atoms with Crippen molar-refractivity contribution in [3.8, 4) is 0 Å². The molecule has 5 heteroatoms. The molecule has 1 aromatic rings. The van der Waals surface area contributed by atoms with E-state index in [4.69, 9.17) is 23.2 Å². The molecule has 96 valence electrons. The van der Waals surface area contributed by atoms with E-state index in [-0.39, 0.29) is 18.2 Å². The highest BCUT2D eigenvalue weighted by Crippen LogP contribution is 2.23. The van der Waals surface area contributed by atoms with Gasteiger partial charge >= 0.3 is 0 Å². The van der Waals surface area contributed by atoms with Crippen LogP contribution in [-0.4, -0.2) is 29.7 Å². The van der Waals surface area contributed by atoms with Crippen molar-refractivity contribution in [1.29, 1.82) is 0 Å². The Kier molecular flexibility index (Phi) is 3.93. The van der Waals surface area contributed by atoms with Gasteiger partial charge in [0.25, 0.3) is 0 Å². The van der Waals surface area contributed by atoms with Crippen LogP contribution in [0.1, 0.15) is 23.7 Å². The maximum absolute atomic E-state index is 12.1. The molecule has 0 saturated carbocycles. The third kappa shape index (κ3) is 2.85. The highest BCUT2D eigenvalue weighted by atomic mass is 35.5. The lowest BCUT2D eigenvalue weighted by Gasteiger charge is -2.15. The fourth-order valence-electron chi connectivity index (χ4n) is 2.10. The summed E-state index contributed by atoms with van der Waals surface area (Å²) in [6, 6.07) is 4.75. The van der Waals surface area contributed by atoms with Crippen molar-refractivity contribution in [2.75, 3.05) is 13.1 Å². The minimum absolute atomic E-state index is 0.0286. The number of amides is 1. The predicted octanol–water partition coefficient (Wildman–Crippen LogP) is 3.04. The fourth-order valence-corrected chi connectivity index (χ4v) is 2.61. The summed E-state index contributed by atoms with van der Waals surface area (Å²) < 4.78 is 0. The van der Waals surface area contributed by atoms with Gasteiger partial charge in [0, 0.05) is 23.6 Å². The summed E-state index contributed by atoms with van der Waals surface area (Å²) in [5, 5.41) is 0.814. The third-order valence-corrected chi connectivity index (χ3v) is 3.52. The first-order chi connectivity index (χ1) is 8.47. The Bertz CT molecular complexity index is 502. The van der Waals surface area contributed by atoms with E-state index in [2.05, 4.69) is 0 Å². The lowest BCUT2D eigenvalue weighted by Crippen LogP contribution is -2.31. The number of rotatable bonds is 3. The number of nitrogens with zero attached hydrogens (tertiary/aromatic N) is 1. The summed E-state index contributed by atoms with van der Waals surface area (Å²) in [5.41, 5.74) is 0.411. The highest BCUT2D eigenvalue weighted by Gasteiger charge is 2.28. The zero-order valence-electron chi connectivity index (χ0n) is 9.95. The van der Waals surface area contributed by atoms with E-state index in [1.807, 2.05) is 6.92 Å². The molecule has 1 saturated heterocycles. The van der Waals surface area contributed by atoms with Gasteiger partial charge in [0.2, 0.25) is 5.91 Å². The molecule has 18 heavy (non-hydrogen) atoms. The highest BCUT2D eigenvalue weighted by molar-refractivity contribution is 6.36. The molecule has 0 N–H and O–H groups in total. The molecule has 1 aliphatic heterocycles. The average Bonchev–Trinajstić information content (AvgIpc) is 2.57. The number of halogens is 2. The van der Waals surface area contributed by atoms with E-state index >= 15 is 0 Å². The predicted molar refractivity (Wildman–Crippen MR) is 71.2 cm³/mol. The zero-order chi connectivity index (χ0) is 13.3. The van der Waals surface area contributed by atoms with Crippen LogP contribution in [0.5, 0.6) is 0 Å². The number of carbonyl (C=O) groups excluding carboxylic acids is 2. The Morgan fingerprint density at radius 1 is 1.44 bits per heavy atom. The molecule has 0 radical (unpaired) electrons. The van der Waals surface area contributed by atoms with Gasteiger partial charge in [-0.15, -0.1) is 0 Å². The van der Waals surface area contributed by atoms with Crippen LogP contribution in [0, 0.1) is 5.92 Å². The summed E-state index contributed by atoms with van der Waals surface area (Å²) >= 11 is 11.7. The van der Waals surface area contributed by atoms with Crippen molar-refractivity contribution >= 4 is 34.9 Å². The number of likely N-dealkylation sites (tertiary alicyclic amines) is 1. The topological polar surface area (TPSA) is 37.4 Å². The van der Waals surface area contributed by atoms with Crippen molar-refractivity contribution in [2.45, 2.75) is 13.3 Å². The Balaban J connectivity index is 2.10. The summed E-state index contributed by atoms with van der Waals surface area (Å²) in [5.74, 6) is 0.186. The van der Waals surface area contributed by atoms with Crippen molar-refractivity contribution in [2.24, 2.45) is 5.92 Å². The van der Waals surface area contributed by atoms with Crippen LogP contribution in [0.15, 0.2) is 18.2 Å². The van der Waals surface area contributed by atoms with E-state index in [1.54, 1.807) is 17.0 Å². The zero-order valence-corrected chi connectivity index (χ0v) is 11.5. The quantitative estimate of drug-likeness (QED) is 0.801. The Labute approximate surface area is 116 Å². The second-order valence-electron chi connectivity index (χ2n) is 4.63. The molecule has 0 aromatic heterocycles. The van der Waals surface area contributed by atoms with Crippen molar-refractivity contribution in [3.63, 3.8) is 0 Å². The molecular weight excluding hydrogens is 273 g/mol. The van der Waals surface area contributed by atoms with Crippen LogP contribution in [-0.2, 0) is 4.79 Å². The molecule has 0 aliphatic carbocycles. The van der Waals surface area contributed by atoms with E-state index in [1.165, 1.54) is 6.07 Å². The fraction of sp³-hybridized carbons (Fsp3) is 0.385. The van der Waals surface area contributed by atoms with E-state index in [9.17, 15) is 9.59 Å². The monoisotopic (exact) mass is 285 g/mol. The molecule has 1 amide bonds. The van der Waals surface area contributed by atoms with Gasteiger partial charge in [-0.05, 0) is 24.1 Å². The number of benzene rings is 1. The summed E-state index contributed by atoms with van der Waals surface area (Å²) in [4.78, 5) is 25.3. The van der Waals surface area contributed by atoms with Gasteiger partial charge in [0.1, 0.15) is 0 Å². The van der Waals surface area contributed by atoms with Gasteiger partial charge in [-0.2, -0.15) is 0 Å². The number of ketones is 1. The van der Waals surface area contributed by atoms with Crippen molar-refractivity contribution < 1.29 is 9.59 Å². The lowest BCUT2D eigenvalue weighted by molar-refractivity contribution is -0.127. The lowest BCUT2D eigenvalue weighted by atomic mass is 10.1. The molecule has 1 unspecified atom stereocenters. The first-order valence-electron chi connectivity index (χ1n) is 5.73. The van der Waals surface area contributed by atoms with Crippen molar-refractivity contribution in [3.05, 3.63) is 33.8 Å². The number of carbonyl (C=O) groups is 2. The minimum atomic E-state index is -0.154. The summed E-state index contributed by atoms with van der Waals surface area (Å²) in [6.07, 6.45) is 0.516. The second-order valence-corrected chi connectivity index (χ2v) is 5.47. The van der Waals surface area contributed by atoms with Crippen LogP contribution in [0.25, 0.3) is 0 Å². The molecule has 1 aromatic carbocycles. The maximum Gasteiger partial charge on any atom is 0.223 e. The molecule has 1 fully saturated rings. The Hall–Kier alpha value is -1.06. The Morgan fingerprint density at radius 3 is 2.72 bits per heavy atom. The first-order valence-corrected chi connectivity index (χ1v) is 6.49. The number of hydrogen-bond acceptors (Lipinski definition) is 2. The van der Waals surface area contributed by atoms with Gasteiger partial charge in [-0.1, -0.05) is 30.1 Å². The molecule has 2 rings (SSSR count). The van der Waals surface area contributed by atoms with Crippen LogP contribution in [0.4, 0.5) is 0 Å². The average molecular weight is 286 g/mol. The normalized spacial score (nSPS) is 19.4. The summed E-state index contributed by atoms with van der Waals surface area (Å²) in [7, 11) is 0. The summed E-state index contributed by atoms with van der Waals surface area (Å²) in [6.45, 7) is 2.72. The van der Waals surface area contributed by atoms with Gasteiger partial charge in [0.15, 0.2) is 5.78 Å². The van der Waals surface area contributed by atoms with E-state index in [0.29, 0.717) is 34.5 Å². The molecule has 1 atom stereocenters. The van der Waals surface area contributed by atoms with Crippen LogP contribution in [0.3, 0.4) is 0 Å². The molecular formula is C13H13Cl2NO2. The largest absolute Gasteiger partial charge is 0.335 e. The smallest absolute Gasteiger partial charge is 0.223 e. The molecule has 0 bridgehead atoms. The van der Waals surface area contributed by atoms with Gasteiger partial charge in [-0.25, -0.2) is 0 Å². The molecule has 3 nitrogen and oxygen atoms in total. The Morgan fingerprint density at radius 2 is 2.17 bits per heavy atom. The van der Waals surface area contributed by atoms with Crippen molar-refractivity contribution in [1.82, 2.24) is 4.90 Å². The SMILES string of the molecule is CC1CC(=O)N(CC(=O)c2ccc(Cl)cc2Cl)C1. The van der Waals surface area contributed by atoms with E-state index in [0.717, 1.165) is 0 Å². The number of Topliss-reactive ketones (excluding diaryl/α,β-unsaturated/α-hetero) is 1. The maximum atomic E-state index is 12.1. The third-order valence-electron chi connectivity index (χ3n) is 2.97. The molecule has 1 aliphatic rings. The van der Waals surface area contributed by atoms with Gasteiger partial charge < -0.3 is 4.90 Å². The second kappa shape index (κ2) is 5.29. The van der Waals surface area contributed by atoms with Crippen LogP contribution >= 0.6 is 23.2 Å². The number of hydrogen-bond donors (Lipinski definition) is 0. The molecule has 1 heterocycles. The first kappa shape index (κ1) is 13.4. The van der Waals surface area contributed by atoms with E-state index < -0.39 is 0 Å². The van der Waals surface area contributed by atoms with Gasteiger partial charge in [0.05, 0.1) is 11.6 Å².